The number of hydrogen-bond donors (Lipinski definition) is 2. The third kappa shape index (κ3) is 7.56. The van der Waals surface area contributed by atoms with Crippen LogP contribution >= 0.6 is 24.0 Å². The highest BCUT2D eigenvalue weighted by atomic mass is 127. The first-order chi connectivity index (χ1) is 11.9. The number of nitrogens with one attached hydrogen (secondary N) is 2. The second kappa shape index (κ2) is 11.3. The van der Waals surface area contributed by atoms with E-state index in [1.54, 1.807) is 19.0 Å². The van der Waals surface area contributed by atoms with E-state index in [2.05, 4.69) is 22.5 Å². The van der Waals surface area contributed by atoms with Gasteiger partial charge < -0.3 is 25.0 Å². The molecule has 1 heterocycles. The molecule has 152 valence electrons. The van der Waals surface area contributed by atoms with Crippen molar-refractivity contribution in [2.45, 2.75) is 57.8 Å². The minimum atomic E-state index is -0.518. The number of aliphatic imine (C=N–C) groups is 1. The fourth-order valence-electron chi connectivity index (χ4n) is 3.26. The average molecular weight is 482 g/mol. The van der Waals surface area contributed by atoms with E-state index < -0.39 is 5.79 Å². The van der Waals surface area contributed by atoms with Crippen molar-refractivity contribution in [1.82, 2.24) is 15.5 Å². The Hall–Kier alpha value is -0.610. The molecule has 8 heteroatoms. The van der Waals surface area contributed by atoms with Crippen LogP contribution < -0.4 is 10.6 Å². The zero-order valence-corrected chi connectivity index (χ0v) is 18.9. The van der Waals surface area contributed by atoms with Crippen LogP contribution in [0.25, 0.3) is 0 Å². The summed E-state index contributed by atoms with van der Waals surface area (Å²) in [6.45, 7) is 6.36. The zero-order chi connectivity index (χ0) is 18.3. The molecular formula is C18H35IN4O3. The maximum Gasteiger partial charge on any atom is 0.243 e. The molecule has 2 unspecified atom stereocenters. The van der Waals surface area contributed by atoms with Gasteiger partial charge in [0.05, 0.1) is 13.2 Å². The molecule has 1 amide bonds. The van der Waals surface area contributed by atoms with E-state index in [0.717, 1.165) is 12.8 Å². The van der Waals surface area contributed by atoms with Crippen LogP contribution in [0.1, 0.15) is 46.0 Å². The predicted molar refractivity (Wildman–Crippen MR) is 114 cm³/mol. The Morgan fingerprint density at radius 3 is 2.50 bits per heavy atom. The van der Waals surface area contributed by atoms with Gasteiger partial charge in [-0.25, -0.2) is 4.99 Å². The lowest BCUT2D eigenvalue weighted by molar-refractivity contribution is -0.145. The fraction of sp³-hybridized carbons (Fsp3) is 0.889. The molecule has 2 fully saturated rings. The van der Waals surface area contributed by atoms with Crippen LogP contribution in [0.15, 0.2) is 4.99 Å². The van der Waals surface area contributed by atoms with Crippen LogP contribution in [-0.4, -0.2) is 69.0 Å². The van der Waals surface area contributed by atoms with Crippen LogP contribution in [0.5, 0.6) is 0 Å². The van der Waals surface area contributed by atoms with Gasteiger partial charge in [0.1, 0.15) is 6.54 Å². The standard InChI is InChI=1S/C18H34N4O3.HI/c1-14-7-5-6-8-15(14)21-17(20-13-16(23)22(3)4)19-10-9-18(2)24-11-12-25-18;/h14-15H,5-13H2,1-4H3,(H2,19,20,21);1H. The van der Waals surface area contributed by atoms with E-state index in [0.29, 0.717) is 37.7 Å². The van der Waals surface area contributed by atoms with Gasteiger partial charge in [0.25, 0.3) is 0 Å². The van der Waals surface area contributed by atoms with Crippen molar-refractivity contribution in [3.05, 3.63) is 0 Å². The van der Waals surface area contributed by atoms with Crippen molar-refractivity contribution in [3.8, 4) is 0 Å². The minimum absolute atomic E-state index is 0. The smallest absolute Gasteiger partial charge is 0.243 e. The highest BCUT2D eigenvalue weighted by Crippen LogP contribution is 2.24. The lowest BCUT2D eigenvalue weighted by Crippen LogP contribution is -2.48. The van der Waals surface area contributed by atoms with Gasteiger partial charge in [0.15, 0.2) is 11.7 Å². The third-order valence-corrected chi connectivity index (χ3v) is 5.07. The molecule has 0 bridgehead atoms. The summed E-state index contributed by atoms with van der Waals surface area (Å²) in [5.41, 5.74) is 0. The van der Waals surface area contributed by atoms with Gasteiger partial charge in [-0.2, -0.15) is 0 Å². The minimum Gasteiger partial charge on any atom is -0.356 e. The number of guanidine groups is 1. The van der Waals surface area contributed by atoms with Gasteiger partial charge >= 0.3 is 0 Å². The van der Waals surface area contributed by atoms with E-state index in [1.807, 2.05) is 6.92 Å². The second-order valence-corrected chi connectivity index (χ2v) is 7.47. The van der Waals surface area contributed by atoms with E-state index in [1.165, 1.54) is 19.3 Å². The maximum absolute atomic E-state index is 11.9. The van der Waals surface area contributed by atoms with Crippen molar-refractivity contribution < 1.29 is 14.3 Å². The number of likely N-dealkylation sites (N-methyl/N-ethyl adjacent to an activating group) is 1. The number of halogens is 1. The van der Waals surface area contributed by atoms with Gasteiger partial charge in [-0.15, -0.1) is 24.0 Å². The summed E-state index contributed by atoms with van der Waals surface area (Å²) >= 11 is 0. The summed E-state index contributed by atoms with van der Waals surface area (Å²) in [4.78, 5) is 17.9. The van der Waals surface area contributed by atoms with Gasteiger partial charge in [-0.1, -0.05) is 19.8 Å². The molecule has 2 rings (SSSR count). The molecule has 7 nitrogen and oxygen atoms in total. The largest absolute Gasteiger partial charge is 0.356 e. The Bertz CT molecular complexity index is 467. The number of amides is 1. The van der Waals surface area contributed by atoms with Crippen molar-refractivity contribution in [1.29, 1.82) is 0 Å². The van der Waals surface area contributed by atoms with Gasteiger partial charge in [0.2, 0.25) is 5.91 Å². The Morgan fingerprint density at radius 1 is 1.23 bits per heavy atom. The normalized spacial score (nSPS) is 25.3. The van der Waals surface area contributed by atoms with E-state index >= 15 is 0 Å². The van der Waals surface area contributed by atoms with Crippen molar-refractivity contribution in [3.63, 3.8) is 0 Å². The molecule has 2 aliphatic rings. The average Bonchev–Trinajstić information content (AvgIpc) is 3.00. The van der Waals surface area contributed by atoms with Crippen molar-refractivity contribution >= 4 is 35.8 Å². The summed E-state index contributed by atoms with van der Waals surface area (Å²) < 4.78 is 11.3. The molecule has 0 aromatic rings. The highest BCUT2D eigenvalue weighted by molar-refractivity contribution is 14.0. The van der Waals surface area contributed by atoms with Crippen molar-refractivity contribution in [2.75, 3.05) is 40.4 Å². The van der Waals surface area contributed by atoms with Gasteiger partial charge in [-0.3, -0.25) is 4.79 Å². The van der Waals surface area contributed by atoms with Crippen LogP contribution in [0, 0.1) is 5.92 Å². The molecule has 2 N–H and O–H groups in total. The second-order valence-electron chi connectivity index (χ2n) is 7.47. The predicted octanol–water partition coefficient (Wildman–Crippen LogP) is 1.96. The molecule has 1 saturated carbocycles. The molecular weight excluding hydrogens is 447 g/mol. The monoisotopic (exact) mass is 482 g/mol. The lowest BCUT2D eigenvalue weighted by atomic mass is 9.86. The molecule has 2 atom stereocenters. The number of carbonyl (C=O) groups excluding carboxylic acids is 1. The van der Waals surface area contributed by atoms with Crippen LogP contribution in [-0.2, 0) is 14.3 Å². The van der Waals surface area contributed by atoms with Crippen LogP contribution in [0.3, 0.4) is 0 Å². The molecule has 1 aliphatic carbocycles. The SMILES string of the molecule is CC1CCCCC1NC(=NCC(=O)N(C)C)NCCC1(C)OCCO1.I. The molecule has 26 heavy (non-hydrogen) atoms. The molecule has 0 aromatic carbocycles. The van der Waals surface area contributed by atoms with E-state index in [4.69, 9.17) is 9.47 Å². The summed E-state index contributed by atoms with van der Waals surface area (Å²) in [5.74, 6) is 0.794. The lowest BCUT2D eigenvalue weighted by Gasteiger charge is -2.31. The Morgan fingerprint density at radius 2 is 1.88 bits per heavy atom. The molecule has 0 spiro atoms. The summed E-state index contributed by atoms with van der Waals surface area (Å²) in [6.07, 6.45) is 5.65. The number of carbonyl (C=O) groups is 1. The highest BCUT2D eigenvalue weighted by Gasteiger charge is 2.30. The molecule has 1 aliphatic heterocycles. The van der Waals surface area contributed by atoms with Crippen LogP contribution in [0.4, 0.5) is 0 Å². The van der Waals surface area contributed by atoms with Gasteiger partial charge in [0, 0.05) is 33.1 Å². The Labute approximate surface area is 174 Å². The van der Waals surface area contributed by atoms with E-state index in [9.17, 15) is 4.79 Å². The summed E-state index contributed by atoms with van der Waals surface area (Å²) in [6, 6.07) is 0.407. The van der Waals surface area contributed by atoms with Crippen LogP contribution in [0.2, 0.25) is 0 Å². The maximum atomic E-state index is 11.9. The first-order valence-corrected chi connectivity index (χ1v) is 9.42. The first-order valence-electron chi connectivity index (χ1n) is 9.42. The molecule has 0 radical (unpaired) electrons. The van der Waals surface area contributed by atoms with Crippen molar-refractivity contribution in [2.24, 2.45) is 10.9 Å². The summed E-state index contributed by atoms with van der Waals surface area (Å²) in [5, 5.41) is 6.87. The first kappa shape index (κ1) is 23.4. The number of nitrogens with zero attached hydrogens (tertiary/aromatic N) is 2. The fourth-order valence-corrected chi connectivity index (χ4v) is 3.26. The Kier molecular flexibility index (Phi) is 10.2. The third-order valence-electron chi connectivity index (χ3n) is 5.07. The van der Waals surface area contributed by atoms with E-state index in [-0.39, 0.29) is 36.4 Å². The van der Waals surface area contributed by atoms with Gasteiger partial charge in [-0.05, 0) is 25.7 Å². The Balaban J connectivity index is 0.00000338. The number of ether oxygens (including phenoxy) is 2. The zero-order valence-electron chi connectivity index (χ0n) is 16.5. The quantitative estimate of drug-likeness (QED) is 0.344. The topological polar surface area (TPSA) is 75.2 Å². The molecule has 1 saturated heterocycles. The number of rotatable bonds is 6. The molecule has 0 aromatic heterocycles. The summed E-state index contributed by atoms with van der Waals surface area (Å²) in [7, 11) is 3.49. The number of hydrogen-bond acceptors (Lipinski definition) is 4.